The second kappa shape index (κ2) is 11.6. The Kier molecular flexibility index (Phi) is 8.63. The smallest absolute Gasteiger partial charge is 0.336 e. The maximum atomic E-state index is 13.1. The topological polar surface area (TPSA) is 75.7 Å². The Morgan fingerprint density at radius 1 is 1.09 bits per heavy atom. The predicted molar refractivity (Wildman–Crippen MR) is 132 cm³/mol. The molecule has 0 aromatic heterocycles. The zero-order chi connectivity index (χ0) is 24.7. The average molecular weight is 463 g/mol. The van der Waals surface area contributed by atoms with Crippen LogP contribution in [-0.4, -0.2) is 35.8 Å². The minimum Gasteiger partial charge on any atom is -0.463 e. The van der Waals surface area contributed by atoms with E-state index >= 15 is 0 Å². The van der Waals surface area contributed by atoms with Crippen molar-refractivity contribution in [3.8, 4) is 0 Å². The van der Waals surface area contributed by atoms with Crippen molar-refractivity contribution < 1.29 is 19.1 Å². The van der Waals surface area contributed by atoms with Gasteiger partial charge in [0.05, 0.1) is 18.7 Å². The number of carbonyl (C=O) groups is 3. The van der Waals surface area contributed by atoms with Gasteiger partial charge in [-0.15, -0.1) is 0 Å². The largest absolute Gasteiger partial charge is 0.463 e. The standard InChI is InChI=1S/C28H34N2O4/c1-5-34-28(33)26-20(4)30(25(31)17-24(26)22-9-7-6-8-10-22)18-21-11-13-23(14-12-21)27(32)29-16-15-19(2)3/h6-14,19,24H,5,15-18H2,1-4H3,(H,29,32)/t24-/m1/s1. The summed E-state index contributed by atoms with van der Waals surface area (Å²) in [5, 5.41) is 2.93. The van der Waals surface area contributed by atoms with Crippen LogP contribution in [0, 0.1) is 5.92 Å². The first-order chi connectivity index (χ1) is 16.3. The zero-order valence-electron chi connectivity index (χ0n) is 20.5. The minimum absolute atomic E-state index is 0.0464. The van der Waals surface area contributed by atoms with Crippen molar-refractivity contribution in [2.45, 2.75) is 53.0 Å². The van der Waals surface area contributed by atoms with Crippen molar-refractivity contribution in [1.29, 1.82) is 0 Å². The highest BCUT2D eigenvalue weighted by molar-refractivity contribution is 5.96. The van der Waals surface area contributed by atoms with Crippen molar-refractivity contribution in [3.05, 3.63) is 82.6 Å². The van der Waals surface area contributed by atoms with E-state index in [2.05, 4.69) is 19.2 Å². The monoisotopic (exact) mass is 462 g/mol. The summed E-state index contributed by atoms with van der Waals surface area (Å²) in [7, 11) is 0. The molecule has 0 spiro atoms. The van der Waals surface area contributed by atoms with Crippen molar-refractivity contribution in [2.75, 3.05) is 13.2 Å². The fourth-order valence-electron chi connectivity index (χ4n) is 4.17. The summed E-state index contributed by atoms with van der Waals surface area (Å²) in [6, 6.07) is 16.8. The van der Waals surface area contributed by atoms with Crippen molar-refractivity contribution in [1.82, 2.24) is 10.2 Å². The maximum Gasteiger partial charge on any atom is 0.336 e. The molecule has 34 heavy (non-hydrogen) atoms. The molecular weight excluding hydrogens is 428 g/mol. The van der Waals surface area contributed by atoms with Crippen LogP contribution in [0.2, 0.25) is 0 Å². The molecule has 0 saturated carbocycles. The summed E-state index contributed by atoms with van der Waals surface area (Å²) < 4.78 is 5.35. The molecule has 0 fully saturated rings. The van der Waals surface area contributed by atoms with Gasteiger partial charge in [-0.3, -0.25) is 9.59 Å². The van der Waals surface area contributed by atoms with Gasteiger partial charge in [-0.2, -0.15) is 0 Å². The number of amides is 2. The van der Waals surface area contributed by atoms with E-state index in [-0.39, 0.29) is 36.7 Å². The Labute approximate surface area is 202 Å². The Bertz CT molecular complexity index is 1040. The molecule has 2 aromatic carbocycles. The summed E-state index contributed by atoms with van der Waals surface area (Å²) >= 11 is 0. The summed E-state index contributed by atoms with van der Waals surface area (Å²) in [6.07, 6.45) is 1.13. The molecule has 2 amide bonds. The minimum atomic E-state index is -0.389. The Morgan fingerprint density at radius 3 is 2.38 bits per heavy atom. The fourth-order valence-corrected chi connectivity index (χ4v) is 4.17. The lowest BCUT2D eigenvalue weighted by Gasteiger charge is -2.34. The second-order valence-electron chi connectivity index (χ2n) is 9.00. The van der Waals surface area contributed by atoms with Crippen LogP contribution in [0.3, 0.4) is 0 Å². The highest BCUT2D eigenvalue weighted by Crippen LogP contribution is 2.37. The Hall–Kier alpha value is -3.41. The van der Waals surface area contributed by atoms with Crippen LogP contribution >= 0.6 is 0 Å². The number of nitrogens with zero attached hydrogens (tertiary/aromatic N) is 1. The van der Waals surface area contributed by atoms with E-state index in [4.69, 9.17) is 4.74 Å². The number of hydrogen-bond acceptors (Lipinski definition) is 4. The van der Waals surface area contributed by atoms with Gasteiger partial charge < -0.3 is 15.0 Å². The van der Waals surface area contributed by atoms with Crippen LogP contribution in [0.1, 0.15) is 67.9 Å². The van der Waals surface area contributed by atoms with Crippen LogP contribution < -0.4 is 5.32 Å². The highest BCUT2D eigenvalue weighted by atomic mass is 16.5. The molecule has 1 heterocycles. The molecule has 6 nitrogen and oxygen atoms in total. The van der Waals surface area contributed by atoms with Gasteiger partial charge in [-0.05, 0) is 49.4 Å². The molecular formula is C28H34N2O4. The summed E-state index contributed by atoms with van der Waals surface area (Å²) in [6.45, 7) is 9.05. The number of benzene rings is 2. The number of hydrogen-bond donors (Lipinski definition) is 1. The van der Waals surface area contributed by atoms with E-state index in [0.717, 1.165) is 17.5 Å². The number of ether oxygens (including phenoxy) is 1. The normalized spacial score (nSPS) is 16.1. The SMILES string of the molecule is CCOC(=O)C1=C(C)N(Cc2ccc(C(=O)NCCC(C)C)cc2)C(=O)C[C@@H]1c1ccccc1. The molecule has 1 N–H and O–H groups in total. The molecule has 1 aliphatic rings. The van der Waals surface area contributed by atoms with Crippen LogP contribution in [0.4, 0.5) is 0 Å². The first-order valence-electron chi connectivity index (χ1n) is 11.9. The molecule has 2 aromatic rings. The Morgan fingerprint density at radius 2 is 1.76 bits per heavy atom. The van der Waals surface area contributed by atoms with Gasteiger partial charge in [0.2, 0.25) is 5.91 Å². The summed E-state index contributed by atoms with van der Waals surface area (Å²) in [5.41, 5.74) is 3.52. The molecule has 1 aliphatic heterocycles. The first-order valence-corrected chi connectivity index (χ1v) is 11.9. The van der Waals surface area contributed by atoms with Crippen LogP contribution in [0.25, 0.3) is 0 Å². The first kappa shape index (κ1) is 25.2. The Balaban J connectivity index is 1.81. The van der Waals surface area contributed by atoms with E-state index in [1.165, 1.54) is 0 Å². The molecule has 0 aliphatic carbocycles. The third-order valence-corrected chi connectivity index (χ3v) is 6.08. The van der Waals surface area contributed by atoms with E-state index in [0.29, 0.717) is 35.8 Å². The lowest BCUT2D eigenvalue weighted by Crippen LogP contribution is -2.38. The quantitative estimate of drug-likeness (QED) is 0.543. The lowest BCUT2D eigenvalue weighted by molar-refractivity contribution is -0.140. The third-order valence-electron chi connectivity index (χ3n) is 6.08. The van der Waals surface area contributed by atoms with E-state index in [9.17, 15) is 14.4 Å². The third kappa shape index (κ3) is 6.13. The summed E-state index contributed by atoms with van der Waals surface area (Å²) in [4.78, 5) is 40.0. The molecule has 3 rings (SSSR count). The number of esters is 1. The number of rotatable bonds is 9. The van der Waals surface area contributed by atoms with E-state index in [1.807, 2.05) is 42.5 Å². The van der Waals surface area contributed by atoms with Gasteiger partial charge >= 0.3 is 5.97 Å². The molecule has 0 saturated heterocycles. The predicted octanol–water partition coefficient (Wildman–Crippen LogP) is 4.82. The number of carbonyl (C=O) groups excluding carboxylic acids is 3. The van der Waals surface area contributed by atoms with Gasteiger partial charge in [0.25, 0.3) is 5.91 Å². The number of nitrogens with one attached hydrogen (secondary N) is 1. The molecule has 180 valence electrons. The van der Waals surface area contributed by atoms with Gasteiger partial charge in [0.1, 0.15) is 0 Å². The van der Waals surface area contributed by atoms with E-state index < -0.39 is 0 Å². The van der Waals surface area contributed by atoms with Gasteiger partial charge in [-0.25, -0.2) is 4.79 Å². The van der Waals surface area contributed by atoms with Gasteiger partial charge in [-0.1, -0.05) is 56.3 Å². The summed E-state index contributed by atoms with van der Waals surface area (Å²) in [5.74, 6) is -0.342. The average Bonchev–Trinajstić information content (AvgIpc) is 2.82. The van der Waals surface area contributed by atoms with Crippen LogP contribution in [-0.2, 0) is 20.9 Å². The molecule has 1 atom stereocenters. The second-order valence-corrected chi connectivity index (χ2v) is 9.00. The van der Waals surface area contributed by atoms with Gasteiger partial charge in [0, 0.05) is 30.1 Å². The van der Waals surface area contributed by atoms with Crippen molar-refractivity contribution in [2.24, 2.45) is 5.92 Å². The number of allylic oxidation sites excluding steroid dienone is 1. The lowest BCUT2D eigenvalue weighted by atomic mass is 9.83. The fraction of sp³-hybridized carbons (Fsp3) is 0.393. The van der Waals surface area contributed by atoms with E-state index in [1.54, 1.807) is 30.9 Å². The van der Waals surface area contributed by atoms with Gasteiger partial charge in [0.15, 0.2) is 0 Å². The molecule has 0 bridgehead atoms. The van der Waals surface area contributed by atoms with Crippen LogP contribution in [0.5, 0.6) is 0 Å². The van der Waals surface area contributed by atoms with Crippen LogP contribution in [0.15, 0.2) is 65.9 Å². The molecule has 0 radical (unpaired) electrons. The highest BCUT2D eigenvalue weighted by Gasteiger charge is 2.36. The molecule has 0 unspecified atom stereocenters. The zero-order valence-corrected chi connectivity index (χ0v) is 20.5. The van der Waals surface area contributed by atoms with Crippen molar-refractivity contribution >= 4 is 17.8 Å². The maximum absolute atomic E-state index is 13.1. The molecule has 6 heteroatoms. The van der Waals surface area contributed by atoms with Crippen molar-refractivity contribution in [3.63, 3.8) is 0 Å².